The molecule has 2 aromatic carbocycles. The van der Waals surface area contributed by atoms with Gasteiger partial charge in [-0.2, -0.15) is 0 Å². The lowest BCUT2D eigenvalue weighted by atomic mass is 9.70. The third-order valence-electron chi connectivity index (χ3n) is 8.45. The quantitative estimate of drug-likeness (QED) is 0.419. The summed E-state index contributed by atoms with van der Waals surface area (Å²) >= 11 is 6.28. The van der Waals surface area contributed by atoms with E-state index in [9.17, 15) is 18.3 Å². The Labute approximate surface area is 236 Å². The number of aryl methyl sites for hydroxylation is 1. The highest BCUT2D eigenvalue weighted by Gasteiger charge is 2.37. The van der Waals surface area contributed by atoms with Crippen LogP contribution in [0.15, 0.2) is 48.6 Å². The van der Waals surface area contributed by atoms with Gasteiger partial charge in [-0.3, -0.25) is 4.79 Å². The Morgan fingerprint density at radius 3 is 2.72 bits per heavy atom. The van der Waals surface area contributed by atoms with Gasteiger partial charge < -0.3 is 14.7 Å². The van der Waals surface area contributed by atoms with E-state index in [-0.39, 0.29) is 11.5 Å². The van der Waals surface area contributed by atoms with Gasteiger partial charge in [-0.15, -0.1) is 0 Å². The molecule has 5 rings (SSSR count). The van der Waals surface area contributed by atoms with Gasteiger partial charge in [0.1, 0.15) is 12.4 Å². The summed E-state index contributed by atoms with van der Waals surface area (Å²) < 4.78 is 34.4. The highest BCUT2D eigenvalue weighted by molar-refractivity contribution is 7.90. The minimum absolute atomic E-state index is 0.149. The summed E-state index contributed by atoms with van der Waals surface area (Å²) in [5, 5.41) is 10.9. The van der Waals surface area contributed by atoms with E-state index in [4.69, 9.17) is 16.3 Å². The van der Waals surface area contributed by atoms with Crippen LogP contribution in [0.2, 0.25) is 5.02 Å². The molecule has 9 heteroatoms. The van der Waals surface area contributed by atoms with Crippen molar-refractivity contribution < 1.29 is 23.1 Å². The molecule has 7 nitrogen and oxygen atoms in total. The van der Waals surface area contributed by atoms with Crippen LogP contribution in [-0.2, 0) is 23.1 Å². The number of hydrogen-bond donors (Lipinski definition) is 2. The summed E-state index contributed by atoms with van der Waals surface area (Å²) in [5.41, 5.74) is 3.29. The Bertz CT molecular complexity index is 1340. The summed E-state index contributed by atoms with van der Waals surface area (Å²) in [6.45, 7) is 3.44. The number of ether oxygens (including phenoxy) is 1. The van der Waals surface area contributed by atoms with Gasteiger partial charge >= 0.3 is 0 Å². The zero-order valence-corrected chi connectivity index (χ0v) is 23.9. The van der Waals surface area contributed by atoms with Gasteiger partial charge in [0, 0.05) is 23.7 Å². The predicted octanol–water partition coefficient (Wildman–Crippen LogP) is 5.25. The number of rotatable bonds is 0. The van der Waals surface area contributed by atoms with Crippen LogP contribution in [0, 0.1) is 11.8 Å². The SMILES string of the molecule is C[C@H]1CC/C=C/[C@H](O)[C@@H]2CC[C@H]2CN2CCCCc3cc(Cl)ccc3COc3ccc(cc32)C(=O)NS1(=O)=O. The van der Waals surface area contributed by atoms with Gasteiger partial charge in [0.25, 0.3) is 5.91 Å². The van der Waals surface area contributed by atoms with Crippen molar-refractivity contribution in [2.24, 2.45) is 11.8 Å². The number of halogens is 1. The molecule has 1 saturated carbocycles. The van der Waals surface area contributed by atoms with Gasteiger partial charge in [0.2, 0.25) is 10.0 Å². The predicted molar refractivity (Wildman–Crippen MR) is 154 cm³/mol. The van der Waals surface area contributed by atoms with Crippen molar-refractivity contribution in [1.82, 2.24) is 4.72 Å². The topological polar surface area (TPSA) is 95.9 Å². The van der Waals surface area contributed by atoms with Crippen LogP contribution in [0.3, 0.4) is 0 Å². The third kappa shape index (κ3) is 6.44. The molecule has 2 aliphatic heterocycles. The fourth-order valence-corrected chi connectivity index (χ4v) is 7.01. The minimum Gasteiger partial charge on any atom is -0.487 e. The maximum atomic E-state index is 13.1. The number of carbonyl (C=O) groups is 1. The Hall–Kier alpha value is -2.55. The van der Waals surface area contributed by atoms with E-state index in [2.05, 4.69) is 9.62 Å². The zero-order chi connectivity index (χ0) is 27.6. The van der Waals surface area contributed by atoms with Crippen LogP contribution in [0.4, 0.5) is 5.69 Å². The molecule has 0 unspecified atom stereocenters. The summed E-state index contributed by atoms with van der Waals surface area (Å²) in [5.74, 6) is 0.459. The van der Waals surface area contributed by atoms with Gasteiger partial charge in [-0.05, 0) is 105 Å². The number of hydrogen-bond acceptors (Lipinski definition) is 6. The molecular weight excluding hydrogens is 536 g/mol. The van der Waals surface area contributed by atoms with Crippen molar-refractivity contribution in [2.45, 2.75) is 69.8 Å². The van der Waals surface area contributed by atoms with Gasteiger partial charge in [-0.25, -0.2) is 13.1 Å². The number of nitrogens with one attached hydrogen (secondary N) is 1. The number of aliphatic hydroxyl groups is 1. The fourth-order valence-electron chi connectivity index (χ4n) is 5.79. The molecule has 0 spiro atoms. The maximum absolute atomic E-state index is 13.1. The number of aliphatic hydroxyl groups excluding tert-OH is 1. The van der Waals surface area contributed by atoms with Crippen molar-refractivity contribution in [3.8, 4) is 5.75 Å². The van der Waals surface area contributed by atoms with Crippen molar-refractivity contribution in [3.05, 3.63) is 70.3 Å². The van der Waals surface area contributed by atoms with Crippen molar-refractivity contribution in [2.75, 3.05) is 18.0 Å². The average molecular weight is 573 g/mol. The highest BCUT2D eigenvalue weighted by Crippen LogP contribution is 2.41. The Kier molecular flexibility index (Phi) is 8.55. The number of sulfonamides is 1. The number of anilines is 1. The molecule has 0 saturated heterocycles. The van der Waals surface area contributed by atoms with Crippen molar-refractivity contribution in [3.63, 3.8) is 0 Å². The number of benzene rings is 2. The second-order valence-corrected chi connectivity index (χ2v) is 13.6. The average Bonchev–Trinajstić information content (AvgIpc) is 2.91. The second-order valence-electron chi connectivity index (χ2n) is 11.1. The zero-order valence-electron chi connectivity index (χ0n) is 22.3. The van der Waals surface area contributed by atoms with E-state index < -0.39 is 27.3 Å². The molecule has 1 aliphatic carbocycles. The standard InChI is InChI=1S/C30H37ClN2O5S/c1-20-6-2-3-8-28(34)26-13-10-23(26)18-33-15-5-4-7-21-16-25(31)12-9-24(21)19-38-29-14-11-22(17-27(29)33)30(35)32-39(20,36)37/h3,8-9,11-12,14,16-17,20,23,26,28,34H,2,4-7,10,13,15,18-19H2,1H3,(H,32,35)/b8-3+/t20-,23-,26+,28-/m0/s1. The first-order valence-corrected chi connectivity index (χ1v) is 15.8. The number of carbonyl (C=O) groups excluding carboxylic acids is 1. The molecule has 3 aliphatic rings. The largest absolute Gasteiger partial charge is 0.487 e. The van der Waals surface area contributed by atoms with Crippen LogP contribution < -0.4 is 14.4 Å². The maximum Gasteiger partial charge on any atom is 0.264 e. The lowest BCUT2D eigenvalue weighted by molar-refractivity contribution is 0.0461. The van der Waals surface area contributed by atoms with Crippen LogP contribution >= 0.6 is 11.6 Å². The van der Waals surface area contributed by atoms with E-state index in [1.165, 1.54) is 5.56 Å². The van der Waals surface area contributed by atoms with Gasteiger partial charge in [0.15, 0.2) is 0 Å². The molecule has 4 atom stereocenters. The molecular formula is C30H37ClN2O5S. The molecule has 2 aromatic rings. The Balaban J connectivity index is 1.53. The summed E-state index contributed by atoms with van der Waals surface area (Å²) in [6, 6.07) is 11.0. The van der Waals surface area contributed by atoms with E-state index in [1.807, 2.05) is 30.4 Å². The van der Waals surface area contributed by atoms with Crippen LogP contribution in [0.1, 0.15) is 66.9 Å². The molecule has 2 bridgehead atoms. The fraction of sp³-hybridized carbons (Fsp3) is 0.500. The van der Waals surface area contributed by atoms with Crippen LogP contribution in [0.5, 0.6) is 5.75 Å². The third-order valence-corrected chi connectivity index (χ3v) is 10.4. The smallest absolute Gasteiger partial charge is 0.264 e. The summed E-state index contributed by atoms with van der Waals surface area (Å²) in [7, 11) is -3.86. The second kappa shape index (κ2) is 11.9. The van der Waals surface area contributed by atoms with Gasteiger partial charge in [-0.1, -0.05) is 29.8 Å². The first-order valence-electron chi connectivity index (χ1n) is 13.9. The molecule has 1 fully saturated rings. The Morgan fingerprint density at radius 1 is 1.08 bits per heavy atom. The normalized spacial score (nSPS) is 28.4. The number of allylic oxidation sites excluding steroid dienone is 1. The first-order chi connectivity index (χ1) is 18.7. The van der Waals surface area contributed by atoms with Crippen LogP contribution in [0.25, 0.3) is 0 Å². The van der Waals surface area contributed by atoms with Gasteiger partial charge in [0.05, 0.1) is 17.0 Å². The van der Waals surface area contributed by atoms with E-state index in [0.717, 1.165) is 56.4 Å². The monoisotopic (exact) mass is 572 g/mol. The first kappa shape index (κ1) is 28.0. The van der Waals surface area contributed by atoms with E-state index in [1.54, 1.807) is 25.1 Å². The van der Waals surface area contributed by atoms with Crippen molar-refractivity contribution >= 4 is 33.2 Å². The van der Waals surface area contributed by atoms with Crippen molar-refractivity contribution in [1.29, 1.82) is 0 Å². The van der Waals surface area contributed by atoms with Crippen LogP contribution in [-0.4, -0.2) is 43.9 Å². The molecule has 39 heavy (non-hydrogen) atoms. The molecule has 210 valence electrons. The number of nitrogens with zero attached hydrogens (tertiary/aromatic N) is 1. The molecule has 2 heterocycles. The highest BCUT2D eigenvalue weighted by atomic mass is 35.5. The minimum atomic E-state index is -3.86. The number of amides is 1. The number of fused-ring (bicyclic) bond motifs is 3. The molecule has 2 N–H and O–H groups in total. The summed E-state index contributed by atoms with van der Waals surface area (Å²) in [4.78, 5) is 15.4. The lowest BCUT2D eigenvalue weighted by Gasteiger charge is -2.42. The molecule has 0 aromatic heterocycles. The summed E-state index contributed by atoms with van der Waals surface area (Å²) in [6.07, 6.45) is 8.76. The Morgan fingerprint density at radius 2 is 1.92 bits per heavy atom. The molecule has 1 amide bonds. The van der Waals surface area contributed by atoms with E-state index in [0.29, 0.717) is 36.1 Å². The molecule has 0 radical (unpaired) electrons. The lowest BCUT2D eigenvalue weighted by Crippen LogP contribution is -2.43. The van der Waals surface area contributed by atoms with E-state index >= 15 is 0 Å².